The SMILES string of the molecule is Cl.[N-]=[N+]=Nc1ccc(C[C@H](N)C(=O)O)c([N+](=O)[O-])c1. The van der Waals surface area contributed by atoms with Gasteiger partial charge in [-0.2, -0.15) is 0 Å². The molecule has 0 saturated heterocycles. The number of halogens is 1. The molecule has 0 saturated carbocycles. The zero-order valence-corrected chi connectivity index (χ0v) is 10.3. The Morgan fingerprint density at radius 3 is 2.74 bits per heavy atom. The average molecular weight is 288 g/mol. The summed E-state index contributed by atoms with van der Waals surface area (Å²) in [6.07, 6.45) is -0.178. The minimum absolute atomic E-state index is 0. The molecule has 19 heavy (non-hydrogen) atoms. The van der Waals surface area contributed by atoms with Crippen LogP contribution in [-0.2, 0) is 11.2 Å². The zero-order chi connectivity index (χ0) is 13.7. The molecule has 102 valence electrons. The Labute approximate surface area is 113 Å². The van der Waals surface area contributed by atoms with Gasteiger partial charge in [0.05, 0.1) is 4.92 Å². The normalized spacial score (nSPS) is 10.8. The standard InChI is InChI=1S/C9H9N5O4.ClH/c10-7(9(15)16)3-5-1-2-6(12-13-11)4-8(5)14(17)18;/h1-2,4,7H,3,10H2,(H,15,16);1H/t7-;/m0./s1. The van der Waals surface area contributed by atoms with Gasteiger partial charge in [-0.3, -0.25) is 14.9 Å². The van der Waals surface area contributed by atoms with E-state index in [9.17, 15) is 14.9 Å². The van der Waals surface area contributed by atoms with Crippen LogP contribution in [0.2, 0.25) is 0 Å². The van der Waals surface area contributed by atoms with E-state index in [1.807, 2.05) is 0 Å². The maximum atomic E-state index is 10.8. The summed E-state index contributed by atoms with van der Waals surface area (Å²) in [6.45, 7) is 0. The molecule has 10 heteroatoms. The van der Waals surface area contributed by atoms with E-state index in [2.05, 4.69) is 10.0 Å². The van der Waals surface area contributed by atoms with Gasteiger partial charge >= 0.3 is 5.97 Å². The predicted molar refractivity (Wildman–Crippen MR) is 68.5 cm³/mol. The topological polar surface area (TPSA) is 155 Å². The summed E-state index contributed by atoms with van der Waals surface area (Å²) in [5, 5.41) is 22.7. The Bertz CT molecular complexity index is 543. The van der Waals surface area contributed by atoms with Gasteiger partial charge < -0.3 is 10.8 Å². The Balaban J connectivity index is 0.00000324. The van der Waals surface area contributed by atoms with Crippen molar-refractivity contribution in [3.63, 3.8) is 0 Å². The highest BCUT2D eigenvalue weighted by molar-refractivity contribution is 5.85. The summed E-state index contributed by atoms with van der Waals surface area (Å²) in [5.41, 5.74) is 13.5. The van der Waals surface area contributed by atoms with Crippen LogP contribution in [0.4, 0.5) is 11.4 Å². The van der Waals surface area contributed by atoms with Crippen molar-refractivity contribution in [2.45, 2.75) is 12.5 Å². The largest absolute Gasteiger partial charge is 0.480 e. The number of rotatable bonds is 5. The summed E-state index contributed by atoms with van der Waals surface area (Å²) in [4.78, 5) is 23.2. The highest BCUT2D eigenvalue weighted by atomic mass is 35.5. The Morgan fingerprint density at radius 1 is 1.63 bits per heavy atom. The van der Waals surface area contributed by atoms with Crippen molar-refractivity contribution in [3.8, 4) is 0 Å². The summed E-state index contributed by atoms with van der Waals surface area (Å²) >= 11 is 0. The summed E-state index contributed by atoms with van der Waals surface area (Å²) in [6, 6.07) is 2.53. The minimum atomic E-state index is -1.25. The summed E-state index contributed by atoms with van der Waals surface area (Å²) in [5.74, 6) is -1.25. The molecule has 3 N–H and O–H groups in total. The molecule has 0 fully saturated rings. The Hall–Kier alpha value is -2.35. The van der Waals surface area contributed by atoms with Crippen molar-refractivity contribution in [2.75, 3.05) is 0 Å². The van der Waals surface area contributed by atoms with Crippen LogP contribution in [0.15, 0.2) is 23.3 Å². The average Bonchev–Trinajstić information content (AvgIpc) is 2.30. The van der Waals surface area contributed by atoms with Gasteiger partial charge in [0.2, 0.25) is 0 Å². The molecule has 0 unspecified atom stereocenters. The lowest BCUT2D eigenvalue weighted by molar-refractivity contribution is -0.385. The number of carbonyl (C=O) groups is 1. The third-order valence-electron chi connectivity index (χ3n) is 2.18. The Kier molecular flexibility index (Phi) is 6.28. The summed E-state index contributed by atoms with van der Waals surface area (Å²) in [7, 11) is 0. The van der Waals surface area contributed by atoms with Gasteiger partial charge in [-0.25, -0.2) is 0 Å². The Morgan fingerprint density at radius 2 is 2.26 bits per heavy atom. The fourth-order valence-corrected chi connectivity index (χ4v) is 1.33. The van der Waals surface area contributed by atoms with Crippen LogP contribution in [0.25, 0.3) is 10.4 Å². The first-order valence-corrected chi connectivity index (χ1v) is 4.76. The third kappa shape index (κ3) is 4.43. The summed E-state index contributed by atoms with van der Waals surface area (Å²) < 4.78 is 0. The second-order valence-electron chi connectivity index (χ2n) is 3.41. The van der Waals surface area contributed by atoms with Crippen molar-refractivity contribution in [3.05, 3.63) is 44.3 Å². The molecular formula is C9H10ClN5O4. The smallest absolute Gasteiger partial charge is 0.320 e. The molecule has 9 nitrogen and oxygen atoms in total. The van der Waals surface area contributed by atoms with Crippen molar-refractivity contribution >= 4 is 29.8 Å². The fourth-order valence-electron chi connectivity index (χ4n) is 1.33. The number of carboxylic acid groups (broad SMARTS) is 1. The van der Waals surface area contributed by atoms with E-state index >= 15 is 0 Å². The van der Waals surface area contributed by atoms with E-state index in [0.717, 1.165) is 6.07 Å². The van der Waals surface area contributed by atoms with Gasteiger partial charge in [0.25, 0.3) is 5.69 Å². The number of carboxylic acids is 1. The minimum Gasteiger partial charge on any atom is -0.480 e. The molecule has 0 aliphatic rings. The van der Waals surface area contributed by atoms with Crippen LogP contribution in [0.3, 0.4) is 0 Å². The molecular weight excluding hydrogens is 278 g/mol. The first-order chi connectivity index (χ1) is 8.45. The van der Waals surface area contributed by atoms with Crippen LogP contribution >= 0.6 is 12.4 Å². The first kappa shape index (κ1) is 16.6. The number of nitrogens with zero attached hydrogens (tertiary/aromatic N) is 4. The number of nitro benzene ring substituents is 1. The molecule has 1 rings (SSSR count). The quantitative estimate of drug-likeness (QED) is 0.278. The van der Waals surface area contributed by atoms with Gasteiger partial charge in [-0.05, 0) is 5.53 Å². The van der Waals surface area contributed by atoms with Crippen molar-refractivity contribution in [2.24, 2.45) is 10.8 Å². The molecule has 0 bridgehead atoms. The molecule has 0 amide bonds. The van der Waals surface area contributed by atoms with E-state index in [1.165, 1.54) is 12.1 Å². The van der Waals surface area contributed by atoms with Gasteiger partial charge in [-0.1, -0.05) is 17.2 Å². The lowest BCUT2D eigenvalue weighted by Crippen LogP contribution is -2.32. The number of nitrogens with two attached hydrogens (primary N) is 1. The van der Waals surface area contributed by atoms with Gasteiger partial charge in [-0.15, -0.1) is 12.4 Å². The van der Waals surface area contributed by atoms with Crippen molar-refractivity contribution in [1.82, 2.24) is 0 Å². The molecule has 0 radical (unpaired) electrons. The molecule has 0 aliphatic carbocycles. The number of hydrogen-bond acceptors (Lipinski definition) is 5. The molecule has 0 spiro atoms. The highest BCUT2D eigenvalue weighted by Gasteiger charge is 2.20. The predicted octanol–water partition coefficient (Wildman–Crippen LogP) is 1.91. The van der Waals surface area contributed by atoms with E-state index < -0.39 is 16.9 Å². The van der Waals surface area contributed by atoms with Crippen LogP contribution in [0.1, 0.15) is 5.56 Å². The second-order valence-corrected chi connectivity index (χ2v) is 3.41. The van der Waals surface area contributed by atoms with Crippen LogP contribution < -0.4 is 5.73 Å². The van der Waals surface area contributed by atoms with Crippen molar-refractivity contribution < 1.29 is 14.8 Å². The number of azide groups is 1. The van der Waals surface area contributed by atoms with Crippen LogP contribution in [0, 0.1) is 10.1 Å². The second kappa shape index (κ2) is 7.17. The molecule has 1 atom stereocenters. The van der Waals surface area contributed by atoms with Crippen LogP contribution in [0.5, 0.6) is 0 Å². The van der Waals surface area contributed by atoms with Gasteiger partial charge in [0.15, 0.2) is 0 Å². The fraction of sp³-hybridized carbons (Fsp3) is 0.222. The molecule has 0 heterocycles. The third-order valence-corrected chi connectivity index (χ3v) is 2.18. The maximum Gasteiger partial charge on any atom is 0.320 e. The van der Waals surface area contributed by atoms with Gasteiger partial charge in [0.1, 0.15) is 6.04 Å². The van der Waals surface area contributed by atoms with E-state index in [4.69, 9.17) is 16.4 Å². The maximum absolute atomic E-state index is 10.8. The van der Waals surface area contributed by atoms with E-state index in [-0.39, 0.29) is 35.8 Å². The molecule has 1 aromatic carbocycles. The number of nitro groups is 1. The zero-order valence-electron chi connectivity index (χ0n) is 9.46. The van der Waals surface area contributed by atoms with Crippen LogP contribution in [-0.4, -0.2) is 22.0 Å². The van der Waals surface area contributed by atoms with E-state index in [0.29, 0.717) is 0 Å². The van der Waals surface area contributed by atoms with E-state index in [1.54, 1.807) is 0 Å². The number of benzene rings is 1. The highest BCUT2D eigenvalue weighted by Crippen LogP contribution is 2.26. The molecule has 0 aliphatic heterocycles. The number of hydrogen-bond donors (Lipinski definition) is 2. The lowest BCUT2D eigenvalue weighted by atomic mass is 10.0. The molecule has 0 aromatic heterocycles. The monoisotopic (exact) mass is 287 g/mol. The number of aliphatic carboxylic acids is 1. The first-order valence-electron chi connectivity index (χ1n) is 4.76. The molecule has 1 aromatic rings. The lowest BCUT2D eigenvalue weighted by Gasteiger charge is -2.07. The van der Waals surface area contributed by atoms with Gasteiger partial charge in [0, 0.05) is 28.6 Å². The van der Waals surface area contributed by atoms with Crippen molar-refractivity contribution in [1.29, 1.82) is 0 Å².